The first-order valence-electron chi connectivity index (χ1n) is 2.35. The van der Waals surface area contributed by atoms with Gasteiger partial charge in [0.15, 0.2) is 17.4 Å². The zero-order valence-corrected chi connectivity index (χ0v) is 6.59. The summed E-state index contributed by atoms with van der Waals surface area (Å²) >= 11 is 0. The van der Waals surface area contributed by atoms with Gasteiger partial charge in [0.05, 0.1) is 15.4 Å². The molecule has 9 N–H and O–H groups in total. The highest BCUT2D eigenvalue weighted by atomic mass is 27.0. The van der Waals surface area contributed by atoms with Crippen molar-refractivity contribution in [1.29, 1.82) is 0 Å². The van der Waals surface area contributed by atoms with Gasteiger partial charge in [0.2, 0.25) is 0 Å². The molecule has 0 aliphatic heterocycles. The summed E-state index contributed by atoms with van der Waals surface area (Å²) in [5.74, 6) is 0. The Kier molecular flexibility index (Phi) is 14.1. The second-order valence-corrected chi connectivity index (χ2v) is 1.54. The molecule has 0 rings (SSSR count). The lowest BCUT2D eigenvalue weighted by atomic mass is 12.8. The first kappa shape index (κ1) is 25.0. The molecule has 0 unspecified atom stereocenters. The first-order valence-corrected chi connectivity index (χ1v) is 2.35. The molecule has 0 aromatic carbocycles. The van der Waals surface area contributed by atoms with E-state index in [2.05, 4.69) is 0 Å². The van der Waals surface area contributed by atoms with Gasteiger partial charge < -0.3 is 15.6 Å². The van der Waals surface area contributed by atoms with Crippen molar-refractivity contribution in [3.63, 3.8) is 0 Å². The van der Waals surface area contributed by atoms with E-state index >= 15 is 0 Å². The third-order valence-corrected chi connectivity index (χ3v) is 0. The van der Waals surface area contributed by atoms with Crippen molar-refractivity contribution in [2.24, 2.45) is 0 Å². The average Bonchev–Trinajstić information content (AvgIpc) is 1.41. The third kappa shape index (κ3) is 511000. The second-order valence-electron chi connectivity index (χ2n) is 1.54. The number of nitrogens with zero attached hydrogens (tertiary/aromatic N) is 3. The van der Waals surface area contributed by atoms with Gasteiger partial charge in [-0.2, -0.15) is 0 Å². The Hall–Kier alpha value is -0.0675. The Labute approximate surface area is 96.1 Å². The quantitative estimate of drug-likeness (QED) is 0.123. The highest BCUT2D eigenvalue weighted by Gasteiger charge is 1.94. The zero-order valence-electron chi connectivity index (χ0n) is 6.59. The van der Waals surface area contributed by atoms with E-state index in [-0.39, 0.29) is 17.4 Å². The van der Waals surface area contributed by atoms with Crippen LogP contribution in [0, 0.1) is 15.6 Å². The van der Waals surface area contributed by atoms with E-state index < -0.39 is 15.4 Å². The van der Waals surface area contributed by atoms with Crippen LogP contribution in [-0.2, 0) is 0 Å². The molecule has 102 valence electrons. The van der Waals surface area contributed by atoms with E-state index in [4.69, 9.17) is 62.5 Å². The summed E-state index contributed by atoms with van der Waals surface area (Å²) in [4.78, 5) is 0. The summed E-state index contributed by atoms with van der Waals surface area (Å²) in [6.07, 6.45) is 0. The first-order chi connectivity index (χ1) is 6.00. The number of hydrogen-bond donors (Lipinski definition) is 9. The molecule has 16 heteroatoms. The number of rotatable bonds is 0. The zero-order chi connectivity index (χ0) is 13.5. The summed E-state index contributed by atoms with van der Waals surface area (Å²) in [5.41, 5.74) is 0. The van der Waals surface area contributed by atoms with Gasteiger partial charge in [-0.1, -0.05) is 0 Å². The normalized spacial score (nSPS) is 11.2. The molecule has 0 spiro atoms. The van der Waals surface area contributed by atoms with Crippen LogP contribution in [0.5, 0.6) is 0 Å². The molecule has 15 nitrogen and oxygen atoms in total. The van der Waals surface area contributed by atoms with Crippen molar-refractivity contribution >= 4 is 17.4 Å². The number of quaternary nitrogens is 3. The largest absolute Gasteiger partial charge is 0.529 e. The molecule has 0 aromatic heterocycles. The maximum atomic E-state index is 8.71. The SMILES string of the molecule is [AlH3].[O-][N+](O)(O)O.[O-][N+](O)(O)O.[O-][N+](O)(O)O. The van der Waals surface area contributed by atoms with Gasteiger partial charge in [-0.05, 0) is 0 Å². The van der Waals surface area contributed by atoms with Gasteiger partial charge >= 0.3 is 0 Å². The molecule has 0 bridgehead atoms. The standard InChI is InChI=1S/Al.3H3NO4.3H/c;3*2-1(3,4)5;;;/h;3*2-4H;;;. The van der Waals surface area contributed by atoms with Gasteiger partial charge in [-0.3, -0.25) is 0 Å². The third-order valence-electron chi connectivity index (χ3n) is 0. The van der Waals surface area contributed by atoms with Crippen LogP contribution in [0.1, 0.15) is 0 Å². The van der Waals surface area contributed by atoms with E-state index in [1.807, 2.05) is 0 Å². The molecular weight excluding hydrogens is 261 g/mol. The Morgan fingerprint density at radius 2 is 0.438 bits per heavy atom. The molecule has 0 fully saturated rings. The Morgan fingerprint density at radius 3 is 0.438 bits per heavy atom. The van der Waals surface area contributed by atoms with E-state index in [1.165, 1.54) is 0 Å². The molecule has 0 aliphatic rings. The fourth-order valence-corrected chi connectivity index (χ4v) is 0. The van der Waals surface area contributed by atoms with Gasteiger partial charge in [0.25, 0.3) is 0 Å². The molecule has 0 saturated heterocycles. The maximum absolute atomic E-state index is 8.71. The fraction of sp³-hybridized carbons (Fsp3) is 0. The molecule has 0 amide bonds. The van der Waals surface area contributed by atoms with E-state index in [9.17, 15) is 0 Å². The Balaban J connectivity index is -0.0000000655. The summed E-state index contributed by atoms with van der Waals surface area (Å²) in [7, 11) is 0. The smallest absolute Gasteiger partial charge is 0.187 e. The minimum Gasteiger partial charge on any atom is -0.529 e. The minimum atomic E-state index is -3.25. The Bertz CT molecular complexity index is 91.3. The fourth-order valence-electron chi connectivity index (χ4n) is 0. The van der Waals surface area contributed by atoms with Gasteiger partial charge in [0.1, 0.15) is 0 Å². The van der Waals surface area contributed by atoms with Crippen LogP contribution < -0.4 is 0 Å². The van der Waals surface area contributed by atoms with Crippen LogP contribution in [0.4, 0.5) is 0 Å². The van der Waals surface area contributed by atoms with Crippen molar-refractivity contribution < 1.29 is 62.3 Å². The van der Waals surface area contributed by atoms with Crippen molar-refractivity contribution in [2.45, 2.75) is 0 Å². The Morgan fingerprint density at radius 1 is 0.438 bits per heavy atom. The molecule has 0 heterocycles. The lowest BCUT2D eigenvalue weighted by molar-refractivity contribution is -1.34. The van der Waals surface area contributed by atoms with Gasteiger partial charge in [0, 0.05) is 0 Å². The highest BCUT2D eigenvalue weighted by molar-refractivity contribution is 5.75. The predicted octanol–water partition coefficient (Wildman–Crippen LogP) is -2.78. The molecule has 0 aliphatic carbocycles. The highest BCUT2D eigenvalue weighted by Crippen LogP contribution is 1.74. The van der Waals surface area contributed by atoms with Crippen LogP contribution >= 0.6 is 0 Å². The molecule has 0 radical (unpaired) electrons. The van der Waals surface area contributed by atoms with Crippen LogP contribution in [0.2, 0.25) is 0 Å². The molecular formula is H12AlN3O12. The average molecular weight is 273 g/mol. The number of hydrogen-bond acceptors (Lipinski definition) is 12. The summed E-state index contributed by atoms with van der Waals surface area (Å²) in [6, 6.07) is 0. The maximum Gasteiger partial charge on any atom is 0.187 e. The minimum absolute atomic E-state index is 0. The monoisotopic (exact) mass is 273 g/mol. The van der Waals surface area contributed by atoms with Crippen molar-refractivity contribution in [3.05, 3.63) is 15.6 Å². The van der Waals surface area contributed by atoms with Crippen LogP contribution in [-0.4, -0.2) is 79.6 Å². The lowest BCUT2D eigenvalue weighted by Gasteiger charge is -2.10. The van der Waals surface area contributed by atoms with Crippen molar-refractivity contribution in [3.8, 4) is 0 Å². The second kappa shape index (κ2) is 9.01. The van der Waals surface area contributed by atoms with Crippen molar-refractivity contribution in [2.75, 3.05) is 0 Å². The lowest BCUT2D eigenvalue weighted by Crippen LogP contribution is -2.28. The van der Waals surface area contributed by atoms with E-state index in [1.54, 1.807) is 0 Å². The van der Waals surface area contributed by atoms with Gasteiger partial charge in [-0.15, -0.1) is 46.9 Å². The van der Waals surface area contributed by atoms with E-state index in [0.717, 1.165) is 0 Å². The van der Waals surface area contributed by atoms with Crippen LogP contribution in [0.3, 0.4) is 0 Å². The molecule has 0 aromatic rings. The molecule has 0 atom stereocenters. The van der Waals surface area contributed by atoms with Crippen molar-refractivity contribution in [1.82, 2.24) is 0 Å². The summed E-state index contributed by atoms with van der Waals surface area (Å²) in [6.45, 7) is 0. The van der Waals surface area contributed by atoms with Gasteiger partial charge in [-0.25, -0.2) is 0 Å². The molecule has 0 saturated carbocycles. The summed E-state index contributed by atoms with van der Waals surface area (Å²) in [5, 5.41) is 79.5. The summed E-state index contributed by atoms with van der Waals surface area (Å²) < 4.78 is 0. The van der Waals surface area contributed by atoms with Crippen LogP contribution in [0.15, 0.2) is 0 Å². The van der Waals surface area contributed by atoms with E-state index in [0.29, 0.717) is 0 Å². The topological polar surface area (TPSA) is 251 Å². The van der Waals surface area contributed by atoms with Crippen LogP contribution in [0.25, 0.3) is 0 Å². The predicted molar refractivity (Wildman–Crippen MR) is 36.9 cm³/mol. The molecule has 16 heavy (non-hydrogen) atoms.